The maximum Gasteiger partial charge on any atom is 0.326 e. The van der Waals surface area contributed by atoms with Gasteiger partial charge in [-0.15, -0.1) is 11.3 Å². The van der Waals surface area contributed by atoms with Crippen LogP contribution in [0.15, 0.2) is 24.4 Å². The molecule has 4 aromatic rings. The average Bonchev–Trinajstić information content (AvgIpc) is 3.37. The number of thiazole rings is 1. The van der Waals surface area contributed by atoms with Crippen LogP contribution >= 0.6 is 11.3 Å². The largest absolute Gasteiger partial charge is 0.421 e. The molecule has 5 rings (SSSR count). The number of nitrogens with one attached hydrogen (secondary N) is 2. The molecule has 0 spiro atoms. The zero-order valence-electron chi connectivity index (χ0n) is 18.4. The third-order valence-electron chi connectivity index (χ3n) is 5.48. The SMILES string of the molecule is Cc1cc2c(F)c(Oc3nc(Nc4ncc(C)s4)cc(N4CCN(C)CC4)n3)cc(F)c2[nH]1. The van der Waals surface area contributed by atoms with Gasteiger partial charge in [-0.25, -0.2) is 13.8 Å². The fourth-order valence-corrected chi connectivity index (χ4v) is 4.42. The number of rotatable bonds is 5. The van der Waals surface area contributed by atoms with Crippen LogP contribution in [-0.2, 0) is 0 Å². The number of hydrogen-bond donors (Lipinski definition) is 2. The highest BCUT2D eigenvalue weighted by atomic mass is 32.1. The first kappa shape index (κ1) is 21.5. The lowest BCUT2D eigenvalue weighted by Crippen LogP contribution is -2.44. The molecule has 33 heavy (non-hydrogen) atoms. The maximum atomic E-state index is 15.1. The quantitative estimate of drug-likeness (QED) is 0.440. The van der Waals surface area contributed by atoms with Crippen molar-refractivity contribution < 1.29 is 13.5 Å². The predicted octanol–water partition coefficient (Wildman–Crippen LogP) is 4.60. The number of hydrogen-bond acceptors (Lipinski definition) is 8. The van der Waals surface area contributed by atoms with Crippen molar-refractivity contribution in [3.05, 3.63) is 46.6 Å². The van der Waals surface area contributed by atoms with E-state index in [9.17, 15) is 4.39 Å². The molecule has 1 aromatic carbocycles. The Bertz CT molecular complexity index is 1310. The highest BCUT2D eigenvalue weighted by molar-refractivity contribution is 7.15. The van der Waals surface area contributed by atoms with Crippen LogP contribution in [0.2, 0.25) is 0 Å². The summed E-state index contributed by atoms with van der Waals surface area (Å²) in [5.41, 5.74) is 0.754. The van der Waals surface area contributed by atoms with E-state index in [1.807, 2.05) is 13.0 Å². The minimum absolute atomic E-state index is 0.0767. The zero-order valence-corrected chi connectivity index (χ0v) is 19.3. The van der Waals surface area contributed by atoms with Gasteiger partial charge in [0.1, 0.15) is 11.6 Å². The number of H-pyrrole nitrogens is 1. The lowest BCUT2D eigenvalue weighted by Gasteiger charge is -2.33. The van der Waals surface area contributed by atoms with Crippen molar-refractivity contribution in [2.75, 3.05) is 43.4 Å². The number of halogens is 2. The number of likely N-dealkylation sites (N-methyl/N-ethyl adjacent to an activating group) is 1. The molecule has 0 saturated carbocycles. The number of aryl methyl sites for hydroxylation is 2. The Hall–Kier alpha value is -3.31. The second-order valence-electron chi connectivity index (χ2n) is 8.10. The Morgan fingerprint density at radius 3 is 2.61 bits per heavy atom. The molecule has 0 amide bonds. The van der Waals surface area contributed by atoms with Crippen LogP contribution in [0.5, 0.6) is 11.8 Å². The maximum absolute atomic E-state index is 15.1. The van der Waals surface area contributed by atoms with Gasteiger partial charge in [-0.1, -0.05) is 0 Å². The van der Waals surface area contributed by atoms with Gasteiger partial charge in [0, 0.05) is 60.5 Å². The number of ether oxygens (including phenoxy) is 1. The molecular formula is C22H23F2N7OS. The van der Waals surface area contributed by atoms with Crippen molar-refractivity contribution >= 4 is 39.0 Å². The van der Waals surface area contributed by atoms with Crippen LogP contribution in [-0.4, -0.2) is 58.1 Å². The Kier molecular flexibility index (Phi) is 5.59. The van der Waals surface area contributed by atoms with Gasteiger partial charge in [-0.05, 0) is 27.0 Å². The first-order valence-electron chi connectivity index (χ1n) is 10.5. The molecule has 1 saturated heterocycles. The van der Waals surface area contributed by atoms with Gasteiger partial charge in [-0.3, -0.25) is 0 Å². The number of piperazine rings is 1. The second-order valence-corrected chi connectivity index (χ2v) is 9.33. The summed E-state index contributed by atoms with van der Waals surface area (Å²) in [6, 6.07) is 4.29. The van der Waals surface area contributed by atoms with Crippen LogP contribution in [0.4, 0.5) is 25.5 Å². The van der Waals surface area contributed by atoms with Crippen molar-refractivity contribution in [1.29, 1.82) is 0 Å². The number of aromatic amines is 1. The first-order valence-corrected chi connectivity index (χ1v) is 11.3. The normalized spacial score (nSPS) is 14.8. The summed E-state index contributed by atoms with van der Waals surface area (Å²) < 4.78 is 35.4. The standard InChI is InChI=1S/C22H23F2N7OS/c1-12-8-14-19(24)16(9-15(23)20(14)26-12)32-21-27-17(28-22-25-11-13(2)33-22)10-18(29-21)31-6-4-30(3)5-7-31/h8-11,26H,4-7H2,1-3H3,(H,25,27,28,29). The van der Waals surface area contributed by atoms with Crippen LogP contribution in [0.25, 0.3) is 10.9 Å². The van der Waals surface area contributed by atoms with Crippen molar-refractivity contribution in [3.8, 4) is 11.8 Å². The smallest absolute Gasteiger partial charge is 0.326 e. The van der Waals surface area contributed by atoms with Gasteiger partial charge in [0.15, 0.2) is 22.5 Å². The summed E-state index contributed by atoms with van der Waals surface area (Å²) in [5.74, 6) is -0.452. The predicted molar refractivity (Wildman–Crippen MR) is 125 cm³/mol. The highest BCUT2D eigenvalue weighted by Gasteiger charge is 2.21. The molecule has 0 bridgehead atoms. The van der Waals surface area contributed by atoms with Crippen LogP contribution < -0.4 is 15.0 Å². The van der Waals surface area contributed by atoms with E-state index < -0.39 is 11.6 Å². The molecule has 3 aromatic heterocycles. The third-order valence-corrected chi connectivity index (χ3v) is 6.31. The van der Waals surface area contributed by atoms with E-state index in [2.05, 4.69) is 42.1 Å². The topological polar surface area (TPSA) is 82.2 Å². The van der Waals surface area contributed by atoms with E-state index in [1.54, 1.807) is 19.2 Å². The van der Waals surface area contributed by atoms with Gasteiger partial charge in [0.05, 0.1) is 5.52 Å². The third kappa shape index (κ3) is 4.46. The van der Waals surface area contributed by atoms with Crippen molar-refractivity contribution in [2.45, 2.75) is 13.8 Å². The van der Waals surface area contributed by atoms with Crippen LogP contribution in [0.1, 0.15) is 10.6 Å². The highest BCUT2D eigenvalue weighted by Crippen LogP contribution is 2.33. The monoisotopic (exact) mass is 471 g/mol. The van der Waals surface area contributed by atoms with Crippen molar-refractivity contribution in [2.24, 2.45) is 0 Å². The molecule has 1 aliphatic heterocycles. The summed E-state index contributed by atoms with van der Waals surface area (Å²) >= 11 is 1.49. The molecule has 172 valence electrons. The van der Waals surface area contributed by atoms with E-state index >= 15 is 4.39 Å². The zero-order chi connectivity index (χ0) is 23.1. The summed E-state index contributed by atoms with van der Waals surface area (Å²) in [6.45, 7) is 7.03. The number of aromatic nitrogens is 4. The molecule has 11 heteroatoms. The Morgan fingerprint density at radius 2 is 1.88 bits per heavy atom. The van der Waals surface area contributed by atoms with E-state index in [0.29, 0.717) is 22.5 Å². The molecule has 1 fully saturated rings. The number of nitrogens with zero attached hydrogens (tertiary/aromatic N) is 5. The Morgan fingerprint density at radius 1 is 1.09 bits per heavy atom. The molecule has 1 aliphatic rings. The first-order chi connectivity index (χ1) is 15.9. The summed E-state index contributed by atoms with van der Waals surface area (Å²) in [6.07, 6.45) is 1.76. The molecule has 0 atom stereocenters. The van der Waals surface area contributed by atoms with E-state index in [4.69, 9.17) is 4.74 Å². The molecule has 0 aliphatic carbocycles. The van der Waals surface area contributed by atoms with E-state index in [1.165, 1.54) is 11.3 Å². The summed E-state index contributed by atoms with van der Waals surface area (Å²) in [5, 5.41) is 3.95. The molecular weight excluding hydrogens is 448 g/mol. The van der Waals surface area contributed by atoms with Gasteiger partial charge >= 0.3 is 6.01 Å². The van der Waals surface area contributed by atoms with Gasteiger partial charge in [-0.2, -0.15) is 9.97 Å². The van der Waals surface area contributed by atoms with Crippen LogP contribution in [0.3, 0.4) is 0 Å². The molecule has 4 heterocycles. The Labute approximate surface area is 193 Å². The molecule has 0 radical (unpaired) electrons. The lowest BCUT2D eigenvalue weighted by molar-refractivity contribution is 0.311. The minimum Gasteiger partial charge on any atom is -0.421 e. The fourth-order valence-electron chi connectivity index (χ4n) is 3.75. The van der Waals surface area contributed by atoms with Crippen molar-refractivity contribution in [1.82, 2.24) is 24.8 Å². The number of fused-ring (bicyclic) bond motifs is 1. The summed E-state index contributed by atoms with van der Waals surface area (Å²) in [4.78, 5) is 21.4. The Balaban J connectivity index is 1.51. The van der Waals surface area contributed by atoms with Gasteiger partial charge in [0.2, 0.25) is 0 Å². The lowest BCUT2D eigenvalue weighted by atomic mass is 10.2. The molecule has 0 unspecified atom stereocenters. The summed E-state index contributed by atoms with van der Waals surface area (Å²) in [7, 11) is 2.07. The number of anilines is 3. The van der Waals surface area contributed by atoms with E-state index in [0.717, 1.165) is 37.1 Å². The molecule has 8 nitrogen and oxygen atoms in total. The van der Waals surface area contributed by atoms with Crippen LogP contribution in [0, 0.1) is 25.5 Å². The van der Waals surface area contributed by atoms with E-state index in [-0.39, 0.29) is 22.7 Å². The van der Waals surface area contributed by atoms with Gasteiger partial charge in [0.25, 0.3) is 0 Å². The van der Waals surface area contributed by atoms with Gasteiger partial charge < -0.3 is 24.8 Å². The number of benzene rings is 1. The second kappa shape index (κ2) is 8.56. The molecule has 2 N–H and O–H groups in total. The average molecular weight is 472 g/mol. The fraction of sp³-hybridized carbons (Fsp3) is 0.318. The minimum atomic E-state index is -0.672. The van der Waals surface area contributed by atoms with Crippen molar-refractivity contribution in [3.63, 3.8) is 0 Å².